The van der Waals surface area contributed by atoms with Gasteiger partial charge in [-0.15, -0.1) is 0 Å². The Morgan fingerprint density at radius 1 is 1.38 bits per heavy atom. The maximum Gasteiger partial charge on any atom is 0.0842 e. The molecule has 88 valence electrons. The van der Waals surface area contributed by atoms with Crippen LogP contribution in [0, 0.1) is 0 Å². The summed E-state index contributed by atoms with van der Waals surface area (Å²) >= 11 is 0. The fourth-order valence-electron chi connectivity index (χ4n) is 2.45. The molecule has 0 spiro atoms. The fourth-order valence-corrected chi connectivity index (χ4v) is 2.45. The second-order valence-electron chi connectivity index (χ2n) is 4.42. The van der Waals surface area contributed by atoms with Gasteiger partial charge >= 0.3 is 0 Å². The zero-order valence-corrected chi connectivity index (χ0v) is 10.2. The van der Waals surface area contributed by atoms with Crippen LogP contribution in [0.4, 0.5) is 0 Å². The first kappa shape index (κ1) is 11.6. The summed E-state index contributed by atoms with van der Waals surface area (Å²) in [5.41, 5.74) is 2.80. The van der Waals surface area contributed by atoms with Crippen molar-refractivity contribution in [1.29, 1.82) is 0 Å². The van der Waals surface area contributed by atoms with Crippen molar-refractivity contribution in [3.05, 3.63) is 35.4 Å². The molecule has 0 bridgehead atoms. The van der Waals surface area contributed by atoms with E-state index in [2.05, 4.69) is 36.5 Å². The van der Waals surface area contributed by atoms with Gasteiger partial charge in [-0.25, -0.2) is 0 Å². The molecular weight excluding hydrogens is 198 g/mol. The molecule has 1 N–H and O–H groups in total. The standard InChI is InChI=1S/C14H21NO/c1-3-11-6-4-5-7-13(11)14-10-12(15-2)8-9-16-14/h4-7,12,14-15H,3,8-10H2,1-2H3. The lowest BCUT2D eigenvalue weighted by molar-refractivity contribution is 0.00109. The van der Waals surface area contributed by atoms with E-state index in [4.69, 9.17) is 4.74 Å². The van der Waals surface area contributed by atoms with Gasteiger partial charge in [0.1, 0.15) is 0 Å². The van der Waals surface area contributed by atoms with Crippen LogP contribution >= 0.6 is 0 Å². The maximum atomic E-state index is 5.90. The number of ether oxygens (including phenoxy) is 1. The smallest absolute Gasteiger partial charge is 0.0842 e. The monoisotopic (exact) mass is 219 g/mol. The van der Waals surface area contributed by atoms with Crippen molar-refractivity contribution in [3.8, 4) is 0 Å². The SMILES string of the molecule is CCc1ccccc1C1CC(NC)CCO1. The Balaban J connectivity index is 2.16. The lowest BCUT2D eigenvalue weighted by Crippen LogP contribution is -2.33. The predicted molar refractivity (Wildman–Crippen MR) is 66.6 cm³/mol. The van der Waals surface area contributed by atoms with Crippen LogP contribution < -0.4 is 5.32 Å². The summed E-state index contributed by atoms with van der Waals surface area (Å²) in [4.78, 5) is 0. The van der Waals surface area contributed by atoms with Gasteiger partial charge in [-0.2, -0.15) is 0 Å². The Morgan fingerprint density at radius 3 is 2.94 bits per heavy atom. The van der Waals surface area contributed by atoms with E-state index in [1.54, 1.807) is 0 Å². The summed E-state index contributed by atoms with van der Waals surface area (Å²) in [6, 6.07) is 9.24. The van der Waals surface area contributed by atoms with E-state index < -0.39 is 0 Å². The van der Waals surface area contributed by atoms with Crippen LogP contribution in [0.1, 0.15) is 37.0 Å². The summed E-state index contributed by atoms with van der Waals surface area (Å²) in [6.45, 7) is 3.07. The van der Waals surface area contributed by atoms with Gasteiger partial charge in [0.15, 0.2) is 0 Å². The Labute approximate surface area is 98.0 Å². The quantitative estimate of drug-likeness (QED) is 0.844. The van der Waals surface area contributed by atoms with Crippen LogP contribution in [-0.2, 0) is 11.2 Å². The van der Waals surface area contributed by atoms with Crippen molar-refractivity contribution < 1.29 is 4.74 Å². The molecule has 0 aliphatic carbocycles. The van der Waals surface area contributed by atoms with E-state index >= 15 is 0 Å². The number of rotatable bonds is 3. The summed E-state index contributed by atoms with van der Waals surface area (Å²) in [5, 5.41) is 3.36. The summed E-state index contributed by atoms with van der Waals surface area (Å²) < 4.78 is 5.90. The molecular formula is C14H21NO. The molecule has 2 nitrogen and oxygen atoms in total. The predicted octanol–water partition coefficient (Wildman–Crippen LogP) is 2.69. The minimum absolute atomic E-state index is 0.280. The molecule has 1 aliphatic rings. The number of hydrogen-bond donors (Lipinski definition) is 1. The lowest BCUT2D eigenvalue weighted by Gasteiger charge is -2.30. The molecule has 16 heavy (non-hydrogen) atoms. The Morgan fingerprint density at radius 2 is 2.19 bits per heavy atom. The molecule has 0 radical (unpaired) electrons. The molecule has 1 aromatic rings. The van der Waals surface area contributed by atoms with Crippen molar-refractivity contribution in [3.63, 3.8) is 0 Å². The molecule has 1 saturated heterocycles. The largest absolute Gasteiger partial charge is 0.373 e. The molecule has 0 amide bonds. The third kappa shape index (κ3) is 2.45. The van der Waals surface area contributed by atoms with Crippen molar-refractivity contribution in [1.82, 2.24) is 5.32 Å². The van der Waals surface area contributed by atoms with E-state index in [0.29, 0.717) is 6.04 Å². The zero-order valence-electron chi connectivity index (χ0n) is 10.2. The molecule has 1 fully saturated rings. The lowest BCUT2D eigenvalue weighted by atomic mass is 9.93. The maximum absolute atomic E-state index is 5.90. The molecule has 2 unspecified atom stereocenters. The van der Waals surface area contributed by atoms with E-state index in [1.165, 1.54) is 11.1 Å². The first-order valence-electron chi connectivity index (χ1n) is 6.21. The van der Waals surface area contributed by atoms with Crippen LogP contribution in [0.15, 0.2) is 24.3 Å². The number of benzene rings is 1. The number of nitrogens with one attached hydrogen (secondary N) is 1. The van der Waals surface area contributed by atoms with Gasteiger partial charge < -0.3 is 10.1 Å². The third-order valence-electron chi connectivity index (χ3n) is 3.48. The molecule has 0 aromatic heterocycles. The first-order chi connectivity index (χ1) is 7.85. The summed E-state index contributed by atoms with van der Waals surface area (Å²) in [5.74, 6) is 0. The molecule has 2 rings (SSSR count). The van der Waals surface area contributed by atoms with Gasteiger partial charge in [-0.3, -0.25) is 0 Å². The first-order valence-corrected chi connectivity index (χ1v) is 6.21. The molecule has 2 heteroatoms. The highest BCUT2D eigenvalue weighted by molar-refractivity contribution is 5.29. The average molecular weight is 219 g/mol. The van der Waals surface area contributed by atoms with Crippen molar-refractivity contribution >= 4 is 0 Å². The van der Waals surface area contributed by atoms with Gasteiger partial charge in [0.2, 0.25) is 0 Å². The third-order valence-corrected chi connectivity index (χ3v) is 3.48. The van der Waals surface area contributed by atoms with E-state index in [9.17, 15) is 0 Å². The van der Waals surface area contributed by atoms with Crippen molar-refractivity contribution in [2.24, 2.45) is 0 Å². The average Bonchev–Trinajstić information content (AvgIpc) is 2.38. The fraction of sp³-hybridized carbons (Fsp3) is 0.571. The van der Waals surface area contributed by atoms with Crippen LogP contribution in [0.25, 0.3) is 0 Å². The Kier molecular flexibility index (Phi) is 3.97. The Hall–Kier alpha value is -0.860. The Bertz CT molecular complexity index is 337. The zero-order chi connectivity index (χ0) is 11.4. The number of hydrogen-bond acceptors (Lipinski definition) is 2. The van der Waals surface area contributed by atoms with E-state index in [1.807, 2.05) is 7.05 Å². The van der Waals surface area contributed by atoms with Gasteiger partial charge in [0, 0.05) is 12.6 Å². The van der Waals surface area contributed by atoms with Gasteiger partial charge in [-0.1, -0.05) is 31.2 Å². The minimum atomic E-state index is 0.280. The van der Waals surface area contributed by atoms with Crippen LogP contribution in [0.5, 0.6) is 0 Å². The second-order valence-corrected chi connectivity index (χ2v) is 4.42. The molecule has 1 heterocycles. The number of aryl methyl sites for hydroxylation is 1. The highest BCUT2D eigenvalue weighted by Crippen LogP contribution is 2.30. The van der Waals surface area contributed by atoms with Gasteiger partial charge in [0.05, 0.1) is 6.10 Å². The topological polar surface area (TPSA) is 21.3 Å². The highest BCUT2D eigenvalue weighted by atomic mass is 16.5. The summed E-state index contributed by atoms with van der Waals surface area (Å²) in [6.07, 6.45) is 3.58. The van der Waals surface area contributed by atoms with Gasteiger partial charge in [0.25, 0.3) is 0 Å². The van der Waals surface area contributed by atoms with Crippen molar-refractivity contribution in [2.75, 3.05) is 13.7 Å². The van der Waals surface area contributed by atoms with Crippen molar-refractivity contribution in [2.45, 2.75) is 38.3 Å². The van der Waals surface area contributed by atoms with Crippen LogP contribution in [-0.4, -0.2) is 19.7 Å². The molecule has 1 aliphatic heterocycles. The van der Waals surface area contributed by atoms with Crippen LogP contribution in [0.2, 0.25) is 0 Å². The van der Waals surface area contributed by atoms with Crippen LogP contribution in [0.3, 0.4) is 0 Å². The molecule has 2 atom stereocenters. The highest BCUT2D eigenvalue weighted by Gasteiger charge is 2.23. The van der Waals surface area contributed by atoms with Gasteiger partial charge in [-0.05, 0) is 37.4 Å². The van der Waals surface area contributed by atoms with E-state index in [-0.39, 0.29) is 6.10 Å². The van der Waals surface area contributed by atoms with E-state index in [0.717, 1.165) is 25.9 Å². The minimum Gasteiger partial charge on any atom is -0.373 e. The summed E-state index contributed by atoms with van der Waals surface area (Å²) in [7, 11) is 2.04. The molecule has 1 aromatic carbocycles. The molecule has 0 saturated carbocycles. The second kappa shape index (κ2) is 5.46. The normalized spacial score (nSPS) is 25.6.